The van der Waals surface area contributed by atoms with Crippen molar-refractivity contribution in [1.82, 2.24) is 0 Å². The van der Waals surface area contributed by atoms with E-state index in [1.54, 1.807) is 18.2 Å². The Kier molecular flexibility index (Phi) is 5.66. The number of rotatable bonds is 6. The number of nitro groups is 1. The van der Waals surface area contributed by atoms with E-state index < -0.39 is 26.5 Å². The number of ether oxygens (including phenoxy) is 1. The molecule has 8 heteroatoms. The van der Waals surface area contributed by atoms with Crippen molar-refractivity contribution in [2.24, 2.45) is 0 Å². The van der Waals surface area contributed by atoms with Crippen LogP contribution in [0.15, 0.2) is 59.5 Å². The lowest BCUT2D eigenvalue weighted by atomic mass is 10.1. The van der Waals surface area contributed by atoms with Gasteiger partial charge in [0, 0.05) is 17.7 Å². The Morgan fingerprint density at radius 2 is 1.88 bits per heavy atom. The van der Waals surface area contributed by atoms with Crippen molar-refractivity contribution >= 4 is 27.6 Å². The maximum absolute atomic E-state index is 12.5. The van der Waals surface area contributed by atoms with Crippen LogP contribution in [0.2, 0.25) is 0 Å². The molecular formula is C17H15NO6S. The molecule has 0 saturated carbocycles. The lowest BCUT2D eigenvalue weighted by molar-refractivity contribution is -0.385. The van der Waals surface area contributed by atoms with Crippen LogP contribution in [0, 0.1) is 10.1 Å². The normalized spacial score (nSPS) is 11.4. The highest BCUT2D eigenvalue weighted by Gasteiger charge is 2.22. The highest BCUT2D eigenvalue weighted by molar-refractivity contribution is 7.90. The van der Waals surface area contributed by atoms with Crippen LogP contribution in [0.4, 0.5) is 5.69 Å². The summed E-state index contributed by atoms with van der Waals surface area (Å²) in [5.74, 6) is -1.11. The predicted molar refractivity (Wildman–Crippen MR) is 91.5 cm³/mol. The topological polar surface area (TPSA) is 104 Å². The van der Waals surface area contributed by atoms with Gasteiger partial charge in [0.25, 0.3) is 5.69 Å². The zero-order valence-corrected chi connectivity index (χ0v) is 14.1. The van der Waals surface area contributed by atoms with E-state index in [1.807, 2.05) is 0 Å². The van der Waals surface area contributed by atoms with Crippen molar-refractivity contribution < 1.29 is 22.9 Å². The third-order valence-electron chi connectivity index (χ3n) is 3.36. The van der Waals surface area contributed by atoms with Gasteiger partial charge in [-0.25, -0.2) is 13.2 Å². The highest BCUT2D eigenvalue weighted by Crippen LogP contribution is 2.25. The average molecular weight is 361 g/mol. The van der Waals surface area contributed by atoms with E-state index in [4.69, 9.17) is 0 Å². The first kappa shape index (κ1) is 18.3. The second kappa shape index (κ2) is 7.71. The molecule has 0 saturated heterocycles. The summed E-state index contributed by atoms with van der Waals surface area (Å²) in [5.41, 5.74) is 0.199. The predicted octanol–water partition coefficient (Wildman–Crippen LogP) is 2.75. The van der Waals surface area contributed by atoms with E-state index >= 15 is 0 Å². The average Bonchev–Trinajstić information content (AvgIpc) is 2.60. The Balaban J connectivity index is 2.42. The molecule has 7 nitrogen and oxygen atoms in total. The molecule has 0 aliphatic heterocycles. The van der Waals surface area contributed by atoms with Gasteiger partial charge < -0.3 is 4.74 Å². The van der Waals surface area contributed by atoms with Gasteiger partial charge in [-0.3, -0.25) is 10.1 Å². The molecular weight excluding hydrogens is 346 g/mol. The van der Waals surface area contributed by atoms with E-state index in [2.05, 4.69) is 4.74 Å². The number of nitro benzene ring substituents is 1. The first-order valence-corrected chi connectivity index (χ1v) is 8.80. The number of benzene rings is 2. The van der Waals surface area contributed by atoms with Gasteiger partial charge in [0.1, 0.15) is 0 Å². The number of sulfone groups is 1. The lowest BCUT2D eigenvalue weighted by Crippen LogP contribution is -2.07. The van der Waals surface area contributed by atoms with Crippen molar-refractivity contribution in [2.45, 2.75) is 10.6 Å². The highest BCUT2D eigenvalue weighted by atomic mass is 32.2. The van der Waals surface area contributed by atoms with Gasteiger partial charge in [-0.15, -0.1) is 0 Å². The van der Waals surface area contributed by atoms with Crippen LogP contribution in [0.3, 0.4) is 0 Å². The van der Waals surface area contributed by atoms with Gasteiger partial charge >= 0.3 is 5.97 Å². The Hall–Kier alpha value is -3.00. The molecule has 130 valence electrons. The molecule has 0 aromatic heterocycles. The summed E-state index contributed by atoms with van der Waals surface area (Å²) >= 11 is 0. The van der Waals surface area contributed by atoms with Crippen molar-refractivity contribution in [3.63, 3.8) is 0 Å². The monoisotopic (exact) mass is 361 g/mol. The first-order valence-electron chi connectivity index (χ1n) is 7.14. The zero-order chi connectivity index (χ0) is 18.4. The number of hydrogen-bond donors (Lipinski definition) is 0. The molecule has 0 N–H and O–H groups in total. The summed E-state index contributed by atoms with van der Waals surface area (Å²) in [6.45, 7) is 0. The molecule has 0 aliphatic rings. The van der Waals surface area contributed by atoms with Crippen molar-refractivity contribution in [1.29, 1.82) is 0 Å². The van der Waals surface area contributed by atoms with Crippen LogP contribution in [0.1, 0.15) is 11.1 Å². The largest absolute Gasteiger partial charge is 0.466 e. The van der Waals surface area contributed by atoms with E-state index in [0.29, 0.717) is 5.56 Å². The second-order valence-electron chi connectivity index (χ2n) is 5.07. The molecule has 25 heavy (non-hydrogen) atoms. The summed E-state index contributed by atoms with van der Waals surface area (Å²) in [6, 6.07) is 11.7. The van der Waals surface area contributed by atoms with Crippen LogP contribution in [-0.2, 0) is 25.1 Å². The van der Waals surface area contributed by atoms with E-state index in [0.717, 1.165) is 6.08 Å². The van der Waals surface area contributed by atoms with Crippen LogP contribution in [-0.4, -0.2) is 26.4 Å². The van der Waals surface area contributed by atoms with Gasteiger partial charge in [0.05, 0.1) is 22.7 Å². The molecule has 0 atom stereocenters. The van der Waals surface area contributed by atoms with E-state index in [1.165, 1.54) is 43.5 Å². The minimum Gasteiger partial charge on any atom is -0.466 e. The lowest BCUT2D eigenvalue weighted by Gasteiger charge is -2.06. The molecule has 0 unspecified atom stereocenters. The molecule has 2 rings (SSSR count). The quantitative estimate of drug-likeness (QED) is 0.339. The maximum atomic E-state index is 12.5. The fraction of sp³-hybridized carbons (Fsp3) is 0.118. The summed E-state index contributed by atoms with van der Waals surface area (Å²) < 4.78 is 29.4. The summed E-state index contributed by atoms with van der Waals surface area (Å²) in [4.78, 5) is 21.8. The number of carbonyl (C=O) groups is 1. The Bertz CT molecular complexity index is 919. The fourth-order valence-corrected chi connectivity index (χ4v) is 3.53. The molecule has 0 bridgehead atoms. The van der Waals surface area contributed by atoms with E-state index in [9.17, 15) is 23.3 Å². The summed E-state index contributed by atoms with van der Waals surface area (Å²) in [5, 5.41) is 11.2. The molecule has 0 fully saturated rings. The number of esters is 1. The first-order chi connectivity index (χ1) is 11.8. The second-order valence-corrected chi connectivity index (χ2v) is 7.06. The summed E-state index contributed by atoms with van der Waals surface area (Å²) in [6.07, 6.45) is 2.55. The Morgan fingerprint density at radius 3 is 2.48 bits per heavy atom. The van der Waals surface area contributed by atoms with Gasteiger partial charge in [-0.05, 0) is 35.9 Å². The van der Waals surface area contributed by atoms with Crippen LogP contribution < -0.4 is 0 Å². The molecule has 0 amide bonds. The minimum absolute atomic E-state index is 0.0425. The smallest absolute Gasteiger partial charge is 0.330 e. The van der Waals surface area contributed by atoms with Gasteiger partial charge in [-0.1, -0.05) is 18.2 Å². The third kappa shape index (κ3) is 4.74. The molecule has 0 heterocycles. The van der Waals surface area contributed by atoms with Crippen molar-refractivity contribution in [3.05, 3.63) is 75.8 Å². The van der Waals surface area contributed by atoms with Crippen LogP contribution in [0.25, 0.3) is 6.08 Å². The zero-order valence-electron chi connectivity index (χ0n) is 13.3. The van der Waals surface area contributed by atoms with Gasteiger partial charge in [0.2, 0.25) is 0 Å². The number of hydrogen-bond acceptors (Lipinski definition) is 6. The van der Waals surface area contributed by atoms with Crippen molar-refractivity contribution in [3.8, 4) is 0 Å². The van der Waals surface area contributed by atoms with Gasteiger partial charge in [-0.2, -0.15) is 0 Å². The van der Waals surface area contributed by atoms with Crippen molar-refractivity contribution in [2.75, 3.05) is 7.11 Å². The molecule has 0 radical (unpaired) electrons. The molecule has 0 aliphatic carbocycles. The molecule has 2 aromatic carbocycles. The fourth-order valence-electron chi connectivity index (χ4n) is 2.15. The standard InChI is InChI=1S/C17H15NO6S/c1-24-17(19)10-8-13-7-9-16(18(20)21)14(11-13)12-25(22,23)15-5-3-2-4-6-15/h2-11H,12H2,1H3/b10-8+. The van der Waals surface area contributed by atoms with Crippen LogP contribution in [0.5, 0.6) is 0 Å². The minimum atomic E-state index is -3.74. The number of nitrogens with zero attached hydrogens (tertiary/aromatic N) is 1. The number of methoxy groups -OCH3 is 1. The van der Waals surface area contributed by atoms with Gasteiger partial charge in [0.15, 0.2) is 9.84 Å². The third-order valence-corrected chi connectivity index (χ3v) is 5.04. The summed E-state index contributed by atoms with van der Waals surface area (Å²) in [7, 11) is -2.52. The SMILES string of the molecule is COC(=O)/C=C/c1ccc([N+](=O)[O-])c(CS(=O)(=O)c2ccccc2)c1. The molecule has 2 aromatic rings. The maximum Gasteiger partial charge on any atom is 0.330 e. The molecule has 0 spiro atoms. The number of carbonyl (C=O) groups excluding carboxylic acids is 1. The van der Waals surface area contributed by atoms with Crippen LogP contribution >= 0.6 is 0 Å². The Labute approximate surface area is 144 Å². The Morgan fingerprint density at radius 1 is 1.20 bits per heavy atom. The van der Waals surface area contributed by atoms with E-state index in [-0.39, 0.29) is 16.1 Å².